The van der Waals surface area contributed by atoms with Gasteiger partial charge in [-0.25, -0.2) is 4.68 Å². The van der Waals surface area contributed by atoms with Gasteiger partial charge in [0.1, 0.15) is 11.5 Å². The Bertz CT molecular complexity index is 787. The van der Waals surface area contributed by atoms with Gasteiger partial charge in [-0.3, -0.25) is 0 Å². The van der Waals surface area contributed by atoms with Crippen LogP contribution in [0.15, 0.2) is 40.9 Å². The van der Waals surface area contributed by atoms with Crippen LogP contribution < -0.4 is 15.3 Å². The quantitative estimate of drug-likeness (QED) is 0.545. The van der Waals surface area contributed by atoms with E-state index in [0.29, 0.717) is 16.7 Å². The lowest BCUT2D eigenvalue weighted by Gasteiger charge is -2.10. The second-order valence-corrected chi connectivity index (χ2v) is 6.51. The molecule has 0 unspecified atom stereocenters. The molecule has 23 heavy (non-hydrogen) atoms. The second kappa shape index (κ2) is 6.93. The van der Waals surface area contributed by atoms with E-state index >= 15 is 0 Å². The minimum absolute atomic E-state index is 0.651. The van der Waals surface area contributed by atoms with Gasteiger partial charge in [-0.05, 0) is 29.6 Å². The summed E-state index contributed by atoms with van der Waals surface area (Å²) in [6, 6.07) is 9.63. The third-order valence-electron chi connectivity index (χ3n) is 3.25. The highest BCUT2D eigenvalue weighted by Gasteiger charge is 2.14. The van der Waals surface area contributed by atoms with Crippen LogP contribution in [0.1, 0.15) is 5.56 Å². The summed E-state index contributed by atoms with van der Waals surface area (Å²) in [5.74, 6) is 9.02. The van der Waals surface area contributed by atoms with Gasteiger partial charge < -0.3 is 15.3 Å². The average Bonchev–Trinajstić information content (AvgIpc) is 3.22. The maximum atomic E-state index is 6.11. The van der Waals surface area contributed by atoms with Gasteiger partial charge in [0.15, 0.2) is 5.82 Å². The van der Waals surface area contributed by atoms with Gasteiger partial charge in [-0.2, -0.15) is 0 Å². The fourth-order valence-electron chi connectivity index (χ4n) is 2.09. The number of hydrogen-bond donors (Lipinski definition) is 1. The van der Waals surface area contributed by atoms with Crippen LogP contribution in [0.4, 0.5) is 0 Å². The summed E-state index contributed by atoms with van der Waals surface area (Å²) < 4.78 is 12.2. The van der Waals surface area contributed by atoms with Crippen molar-refractivity contribution in [3.05, 3.63) is 41.3 Å². The number of methoxy groups -OCH3 is 2. The van der Waals surface area contributed by atoms with E-state index in [9.17, 15) is 0 Å². The Labute approximate surface area is 142 Å². The van der Waals surface area contributed by atoms with Crippen molar-refractivity contribution >= 4 is 23.1 Å². The van der Waals surface area contributed by atoms with Crippen molar-refractivity contribution in [1.82, 2.24) is 14.9 Å². The number of nitrogen functional groups attached to an aromatic ring is 1. The number of benzene rings is 1. The summed E-state index contributed by atoms with van der Waals surface area (Å²) >= 11 is 3.08. The monoisotopic (exact) mass is 348 g/mol. The van der Waals surface area contributed by atoms with Gasteiger partial charge >= 0.3 is 0 Å². The molecule has 0 amide bonds. The van der Waals surface area contributed by atoms with E-state index in [-0.39, 0.29) is 0 Å². The summed E-state index contributed by atoms with van der Waals surface area (Å²) in [7, 11) is 3.29. The van der Waals surface area contributed by atoms with Crippen LogP contribution in [0.2, 0.25) is 0 Å². The van der Waals surface area contributed by atoms with Crippen molar-refractivity contribution < 1.29 is 9.47 Å². The number of rotatable bonds is 6. The van der Waals surface area contributed by atoms with Gasteiger partial charge in [0, 0.05) is 11.3 Å². The van der Waals surface area contributed by atoms with E-state index in [0.717, 1.165) is 21.9 Å². The van der Waals surface area contributed by atoms with E-state index in [1.54, 1.807) is 25.6 Å². The maximum Gasteiger partial charge on any atom is 0.210 e. The molecule has 1 aromatic carbocycles. The molecule has 0 saturated heterocycles. The molecular weight excluding hydrogens is 332 g/mol. The minimum atomic E-state index is 0.651. The molecular formula is C15H16N4O2S2. The number of thioether (sulfide) groups is 1. The normalized spacial score (nSPS) is 10.7. The lowest BCUT2D eigenvalue weighted by Crippen LogP contribution is -2.11. The van der Waals surface area contributed by atoms with Crippen molar-refractivity contribution in [1.29, 1.82) is 0 Å². The largest absolute Gasteiger partial charge is 0.497 e. The Balaban J connectivity index is 1.79. The first-order valence-corrected chi connectivity index (χ1v) is 8.67. The molecule has 3 aromatic rings. The highest BCUT2D eigenvalue weighted by atomic mass is 32.2. The SMILES string of the molecule is COc1ccc(OC)c(CSc2nnc(-c3cccs3)n2N)c1. The Morgan fingerprint density at radius 2 is 2.09 bits per heavy atom. The Kier molecular flexibility index (Phi) is 4.73. The zero-order valence-corrected chi connectivity index (χ0v) is 14.4. The molecule has 2 heterocycles. The molecule has 2 aromatic heterocycles. The van der Waals surface area contributed by atoms with Crippen LogP contribution in [0.5, 0.6) is 11.5 Å². The molecule has 2 N–H and O–H groups in total. The highest BCUT2D eigenvalue weighted by molar-refractivity contribution is 7.98. The molecule has 0 saturated carbocycles. The fourth-order valence-corrected chi connectivity index (χ4v) is 3.63. The predicted molar refractivity (Wildman–Crippen MR) is 92.6 cm³/mol. The molecule has 0 spiro atoms. The van der Waals surface area contributed by atoms with Gasteiger partial charge in [0.2, 0.25) is 5.16 Å². The molecule has 120 valence electrons. The van der Waals surface area contributed by atoms with Gasteiger partial charge in [0.05, 0.1) is 19.1 Å². The predicted octanol–water partition coefficient (Wildman–Crippen LogP) is 3.03. The fraction of sp³-hybridized carbons (Fsp3) is 0.200. The Hall–Kier alpha value is -2.19. The lowest BCUT2D eigenvalue weighted by molar-refractivity contribution is 0.400. The van der Waals surface area contributed by atoms with Gasteiger partial charge in [0.25, 0.3) is 0 Å². The van der Waals surface area contributed by atoms with Crippen LogP contribution in [-0.4, -0.2) is 29.1 Å². The van der Waals surface area contributed by atoms with Gasteiger partial charge in [-0.15, -0.1) is 21.5 Å². The van der Waals surface area contributed by atoms with Crippen LogP contribution in [0.3, 0.4) is 0 Å². The number of hydrogen-bond acceptors (Lipinski definition) is 7. The van der Waals surface area contributed by atoms with Gasteiger partial charge in [-0.1, -0.05) is 17.8 Å². The smallest absolute Gasteiger partial charge is 0.210 e. The second-order valence-electron chi connectivity index (χ2n) is 4.62. The molecule has 6 nitrogen and oxygen atoms in total. The third-order valence-corrected chi connectivity index (χ3v) is 5.11. The number of ether oxygens (including phenoxy) is 2. The summed E-state index contributed by atoms with van der Waals surface area (Å²) in [6.45, 7) is 0. The summed E-state index contributed by atoms with van der Waals surface area (Å²) in [5, 5.41) is 11.0. The summed E-state index contributed by atoms with van der Waals surface area (Å²) in [6.07, 6.45) is 0. The van der Waals surface area contributed by atoms with E-state index in [4.69, 9.17) is 15.3 Å². The first-order valence-electron chi connectivity index (χ1n) is 6.81. The summed E-state index contributed by atoms with van der Waals surface area (Å²) in [4.78, 5) is 0.991. The molecule has 0 radical (unpaired) electrons. The van der Waals surface area contributed by atoms with Crippen molar-refractivity contribution in [3.8, 4) is 22.2 Å². The molecule has 0 bridgehead atoms. The average molecular weight is 348 g/mol. The van der Waals surface area contributed by atoms with Crippen LogP contribution in [0, 0.1) is 0 Å². The first kappa shape index (κ1) is 15.7. The highest BCUT2D eigenvalue weighted by Crippen LogP contribution is 2.31. The third kappa shape index (κ3) is 3.27. The molecule has 0 atom stereocenters. The first-order chi connectivity index (χ1) is 11.2. The maximum absolute atomic E-state index is 6.11. The molecule has 0 fully saturated rings. The number of thiophene rings is 1. The number of aromatic nitrogens is 3. The van der Waals surface area contributed by atoms with E-state index in [1.165, 1.54) is 16.4 Å². The van der Waals surface area contributed by atoms with E-state index in [2.05, 4.69) is 10.2 Å². The molecule has 3 rings (SSSR count). The van der Waals surface area contributed by atoms with Crippen LogP contribution >= 0.6 is 23.1 Å². The molecule has 0 aliphatic carbocycles. The molecule has 8 heteroatoms. The van der Waals surface area contributed by atoms with Crippen molar-refractivity contribution in [2.24, 2.45) is 0 Å². The van der Waals surface area contributed by atoms with E-state index in [1.807, 2.05) is 35.7 Å². The number of nitrogens with zero attached hydrogens (tertiary/aromatic N) is 3. The van der Waals surface area contributed by atoms with Crippen LogP contribution in [-0.2, 0) is 5.75 Å². The zero-order valence-electron chi connectivity index (χ0n) is 12.7. The number of nitrogens with two attached hydrogens (primary N) is 1. The van der Waals surface area contributed by atoms with Crippen molar-refractivity contribution in [2.45, 2.75) is 10.9 Å². The lowest BCUT2D eigenvalue weighted by atomic mass is 10.2. The Morgan fingerprint density at radius 3 is 2.78 bits per heavy atom. The van der Waals surface area contributed by atoms with Crippen molar-refractivity contribution in [3.63, 3.8) is 0 Å². The standard InChI is InChI=1S/C15H16N4O2S2/c1-20-11-5-6-12(21-2)10(8-11)9-23-15-18-17-14(19(15)16)13-4-3-7-22-13/h3-8H,9,16H2,1-2H3. The summed E-state index contributed by atoms with van der Waals surface area (Å²) in [5.41, 5.74) is 1.01. The van der Waals surface area contributed by atoms with Crippen molar-refractivity contribution in [2.75, 3.05) is 20.1 Å². The Morgan fingerprint density at radius 1 is 1.22 bits per heavy atom. The molecule has 0 aliphatic rings. The topological polar surface area (TPSA) is 75.2 Å². The zero-order chi connectivity index (χ0) is 16.2. The van der Waals surface area contributed by atoms with E-state index < -0.39 is 0 Å². The minimum Gasteiger partial charge on any atom is -0.497 e. The molecule has 0 aliphatic heterocycles. The van der Waals surface area contributed by atoms with Crippen LogP contribution in [0.25, 0.3) is 10.7 Å².